The number of amides is 1. The minimum atomic E-state index is -1.09. The van der Waals surface area contributed by atoms with Crippen LogP contribution in [0.15, 0.2) is 30.7 Å². The first kappa shape index (κ1) is 13.0. The predicted molar refractivity (Wildman–Crippen MR) is 72.6 cm³/mol. The molecule has 6 nitrogen and oxygen atoms in total. The summed E-state index contributed by atoms with van der Waals surface area (Å²) < 4.78 is 27.4. The second-order valence-corrected chi connectivity index (χ2v) is 4.28. The molecule has 8 heteroatoms. The fourth-order valence-corrected chi connectivity index (χ4v) is 1.87. The minimum absolute atomic E-state index is 0.276. The molecule has 0 aliphatic carbocycles. The third-order valence-corrected chi connectivity index (χ3v) is 2.88. The average molecular weight is 289 g/mol. The third kappa shape index (κ3) is 2.27. The Balaban J connectivity index is 1.94. The van der Waals surface area contributed by atoms with Gasteiger partial charge in [0.2, 0.25) is 0 Å². The molecule has 2 aromatic heterocycles. The van der Waals surface area contributed by atoms with E-state index in [-0.39, 0.29) is 11.4 Å². The standard InChI is InChI=1S/C13H9F2N5O/c14-7-1-2-8(16)11(15)10(7)13(21)20-6-3-9-12(17-4-6)19-5-18-9/h1-5H,16H2,(H,20,21)(H,17,18,19). The fraction of sp³-hybridized carbons (Fsp3) is 0. The lowest BCUT2D eigenvalue weighted by molar-refractivity contribution is 0.101. The van der Waals surface area contributed by atoms with Gasteiger partial charge in [-0.25, -0.2) is 18.7 Å². The van der Waals surface area contributed by atoms with Gasteiger partial charge in [-0.3, -0.25) is 4.79 Å². The molecule has 4 N–H and O–H groups in total. The quantitative estimate of drug-likeness (QED) is 0.629. The first-order chi connectivity index (χ1) is 10.1. The SMILES string of the molecule is Nc1ccc(F)c(C(=O)Nc2cnc3nc[nH]c3c2)c1F. The van der Waals surface area contributed by atoms with Gasteiger partial charge in [0.15, 0.2) is 11.5 Å². The Morgan fingerprint density at radius 1 is 1.29 bits per heavy atom. The summed E-state index contributed by atoms with van der Waals surface area (Å²) in [6.45, 7) is 0. The molecule has 0 saturated heterocycles. The molecular formula is C13H9F2N5O. The lowest BCUT2D eigenvalue weighted by Gasteiger charge is -2.08. The Bertz CT molecular complexity index is 846. The second-order valence-electron chi connectivity index (χ2n) is 4.28. The van der Waals surface area contributed by atoms with E-state index in [4.69, 9.17) is 5.73 Å². The minimum Gasteiger partial charge on any atom is -0.396 e. The predicted octanol–water partition coefficient (Wildman–Crippen LogP) is 2.07. The lowest BCUT2D eigenvalue weighted by Crippen LogP contribution is -2.17. The summed E-state index contributed by atoms with van der Waals surface area (Å²) in [4.78, 5) is 22.7. The molecule has 3 rings (SSSR count). The summed E-state index contributed by atoms with van der Waals surface area (Å²) in [7, 11) is 0. The van der Waals surface area contributed by atoms with Gasteiger partial charge in [0.05, 0.1) is 29.4 Å². The molecule has 1 aromatic carbocycles. The third-order valence-electron chi connectivity index (χ3n) is 2.88. The van der Waals surface area contributed by atoms with Crippen molar-refractivity contribution < 1.29 is 13.6 Å². The van der Waals surface area contributed by atoms with Crippen LogP contribution in [0.1, 0.15) is 10.4 Å². The number of benzene rings is 1. The maximum atomic E-state index is 13.8. The van der Waals surface area contributed by atoms with Gasteiger partial charge in [0.25, 0.3) is 5.91 Å². The van der Waals surface area contributed by atoms with Crippen LogP contribution in [0.4, 0.5) is 20.2 Å². The van der Waals surface area contributed by atoms with Gasteiger partial charge < -0.3 is 16.0 Å². The number of nitrogen functional groups attached to an aromatic ring is 1. The van der Waals surface area contributed by atoms with Crippen molar-refractivity contribution >= 4 is 28.4 Å². The van der Waals surface area contributed by atoms with Crippen LogP contribution in [-0.2, 0) is 0 Å². The monoisotopic (exact) mass is 289 g/mol. The smallest absolute Gasteiger partial charge is 0.261 e. The highest BCUT2D eigenvalue weighted by Gasteiger charge is 2.20. The molecule has 2 heterocycles. The number of hydrogen-bond donors (Lipinski definition) is 3. The number of hydrogen-bond acceptors (Lipinski definition) is 4. The zero-order valence-electron chi connectivity index (χ0n) is 10.5. The van der Waals surface area contributed by atoms with Crippen molar-refractivity contribution in [1.82, 2.24) is 15.0 Å². The summed E-state index contributed by atoms with van der Waals surface area (Å²) in [5.41, 5.74) is 5.62. The number of pyridine rings is 1. The van der Waals surface area contributed by atoms with Crippen molar-refractivity contribution in [2.24, 2.45) is 0 Å². The van der Waals surface area contributed by atoms with Crippen LogP contribution in [0, 0.1) is 11.6 Å². The lowest BCUT2D eigenvalue weighted by atomic mass is 10.1. The number of aromatic amines is 1. The number of rotatable bonds is 2. The number of imidazole rings is 1. The Morgan fingerprint density at radius 2 is 2.10 bits per heavy atom. The largest absolute Gasteiger partial charge is 0.396 e. The van der Waals surface area contributed by atoms with E-state index in [0.29, 0.717) is 11.2 Å². The van der Waals surface area contributed by atoms with Crippen molar-refractivity contribution in [3.05, 3.63) is 47.9 Å². The zero-order valence-corrected chi connectivity index (χ0v) is 10.5. The van der Waals surface area contributed by atoms with Crippen molar-refractivity contribution in [2.75, 3.05) is 11.1 Å². The van der Waals surface area contributed by atoms with Gasteiger partial charge >= 0.3 is 0 Å². The van der Waals surface area contributed by atoms with Gasteiger partial charge in [-0.05, 0) is 18.2 Å². The molecule has 0 unspecified atom stereocenters. The summed E-state index contributed by atoms with van der Waals surface area (Å²) in [5, 5.41) is 2.36. The highest BCUT2D eigenvalue weighted by molar-refractivity contribution is 6.05. The molecule has 21 heavy (non-hydrogen) atoms. The maximum absolute atomic E-state index is 13.8. The van der Waals surface area contributed by atoms with Gasteiger partial charge in [0.1, 0.15) is 11.4 Å². The summed E-state index contributed by atoms with van der Waals surface area (Å²) in [5.74, 6) is -3.03. The number of aromatic nitrogens is 3. The Labute approximate surface area is 117 Å². The van der Waals surface area contributed by atoms with E-state index in [1.165, 1.54) is 12.5 Å². The van der Waals surface area contributed by atoms with Crippen LogP contribution in [-0.4, -0.2) is 20.9 Å². The van der Waals surface area contributed by atoms with Crippen molar-refractivity contribution in [3.8, 4) is 0 Å². The molecule has 0 aliphatic rings. The molecule has 0 saturated carbocycles. The van der Waals surface area contributed by atoms with Crippen molar-refractivity contribution in [1.29, 1.82) is 0 Å². The molecule has 0 aliphatic heterocycles. The molecule has 106 valence electrons. The number of nitrogens with zero attached hydrogens (tertiary/aromatic N) is 2. The van der Waals surface area contributed by atoms with Crippen LogP contribution in [0.2, 0.25) is 0 Å². The highest BCUT2D eigenvalue weighted by atomic mass is 19.1. The molecule has 0 radical (unpaired) electrons. The van der Waals surface area contributed by atoms with E-state index in [1.807, 2.05) is 0 Å². The average Bonchev–Trinajstić information content (AvgIpc) is 2.91. The first-order valence-electron chi connectivity index (χ1n) is 5.90. The number of nitrogens with one attached hydrogen (secondary N) is 2. The molecule has 0 bridgehead atoms. The van der Waals surface area contributed by atoms with E-state index in [0.717, 1.165) is 12.1 Å². The molecule has 1 amide bonds. The number of H-pyrrole nitrogens is 1. The van der Waals surface area contributed by atoms with Crippen molar-refractivity contribution in [3.63, 3.8) is 0 Å². The number of anilines is 2. The number of carbonyl (C=O) groups is 1. The summed E-state index contributed by atoms with van der Waals surface area (Å²) >= 11 is 0. The van der Waals surface area contributed by atoms with Crippen molar-refractivity contribution in [2.45, 2.75) is 0 Å². The normalized spacial score (nSPS) is 10.8. The van der Waals surface area contributed by atoms with Gasteiger partial charge in [-0.2, -0.15) is 0 Å². The maximum Gasteiger partial charge on any atom is 0.261 e. The number of carbonyl (C=O) groups excluding carboxylic acids is 1. The summed E-state index contributed by atoms with van der Waals surface area (Å²) in [6, 6.07) is 3.54. The van der Waals surface area contributed by atoms with E-state index in [1.54, 1.807) is 6.07 Å². The summed E-state index contributed by atoms with van der Waals surface area (Å²) in [6.07, 6.45) is 2.78. The van der Waals surface area contributed by atoms with Crippen LogP contribution >= 0.6 is 0 Å². The molecule has 0 spiro atoms. The van der Waals surface area contributed by atoms with Crippen LogP contribution in [0.25, 0.3) is 11.2 Å². The zero-order chi connectivity index (χ0) is 15.0. The molecule has 0 fully saturated rings. The van der Waals surface area contributed by atoms with Gasteiger partial charge in [-0.15, -0.1) is 0 Å². The Morgan fingerprint density at radius 3 is 2.90 bits per heavy atom. The number of fused-ring (bicyclic) bond motifs is 1. The van der Waals surface area contributed by atoms with E-state index in [2.05, 4.69) is 20.3 Å². The van der Waals surface area contributed by atoms with E-state index >= 15 is 0 Å². The Kier molecular flexibility index (Phi) is 2.98. The Hall–Kier alpha value is -3.03. The van der Waals surface area contributed by atoms with Crippen LogP contribution in [0.5, 0.6) is 0 Å². The van der Waals surface area contributed by atoms with Gasteiger partial charge in [-0.1, -0.05) is 0 Å². The van der Waals surface area contributed by atoms with Gasteiger partial charge in [0, 0.05) is 0 Å². The van der Waals surface area contributed by atoms with Crippen LogP contribution < -0.4 is 11.1 Å². The molecule has 3 aromatic rings. The molecular weight excluding hydrogens is 280 g/mol. The van der Waals surface area contributed by atoms with E-state index < -0.39 is 23.1 Å². The number of nitrogens with two attached hydrogens (primary N) is 1. The van der Waals surface area contributed by atoms with E-state index in [9.17, 15) is 13.6 Å². The second kappa shape index (κ2) is 4.82. The van der Waals surface area contributed by atoms with Crippen LogP contribution in [0.3, 0.4) is 0 Å². The number of halogens is 2. The highest BCUT2D eigenvalue weighted by Crippen LogP contribution is 2.20. The first-order valence-corrected chi connectivity index (χ1v) is 5.90. The topological polar surface area (TPSA) is 96.7 Å². The molecule has 0 atom stereocenters. The fourth-order valence-electron chi connectivity index (χ4n) is 1.87.